The second-order valence-electron chi connectivity index (χ2n) is 3.87. The zero-order valence-corrected chi connectivity index (χ0v) is 7.32. The first-order valence-corrected chi connectivity index (χ1v) is 4.41. The van der Waals surface area contributed by atoms with Crippen LogP contribution in [0.15, 0.2) is 0 Å². The summed E-state index contributed by atoms with van der Waals surface area (Å²) in [4.78, 5) is 23.0. The van der Waals surface area contributed by atoms with Crippen LogP contribution in [0.2, 0.25) is 0 Å². The molecule has 2 unspecified atom stereocenters. The van der Waals surface area contributed by atoms with Gasteiger partial charge in [-0.2, -0.15) is 0 Å². The number of likely N-dealkylation sites (tertiary alicyclic amines) is 1. The van der Waals surface area contributed by atoms with Gasteiger partial charge in [-0.25, -0.2) is 4.79 Å². The van der Waals surface area contributed by atoms with Gasteiger partial charge < -0.3 is 20.7 Å². The summed E-state index contributed by atoms with van der Waals surface area (Å²) in [6, 6.07) is -0.177. The van der Waals surface area contributed by atoms with Crippen LogP contribution in [0.1, 0.15) is 6.42 Å². The lowest BCUT2D eigenvalue weighted by molar-refractivity contribution is -0.107. The predicted octanol–water partition coefficient (Wildman–Crippen LogP) is -1.07. The molecule has 1 saturated carbocycles. The molecule has 5 heteroatoms. The van der Waals surface area contributed by atoms with Gasteiger partial charge in [0.05, 0.1) is 6.54 Å². The number of carbonyl (C=O) groups is 2. The summed E-state index contributed by atoms with van der Waals surface area (Å²) in [5.74, 6) is 0.481. The van der Waals surface area contributed by atoms with Crippen LogP contribution in [0.5, 0.6) is 0 Å². The Bertz CT molecular complexity index is 256. The highest BCUT2D eigenvalue weighted by Gasteiger charge is 2.58. The average Bonchev–Trinajstić information content (AvgIpc) is 2.61. The average molecular weight is 183 g/mol. The molecule has 2 aliphatic rings. The highest BCUT2D eigenvalue weighted by Crippen LogP contribution is 2.46. The Hall–Kier alpha value is -1.10. The van der Waals surface area contributed by atoms with Gasteiger partial charge in [0.25, 0.3) is 0 Å². The van der Waals surface area contributed by atoms with Crippen LogP contribution >= 0.6 is 0 Å². The van der Waals surface area contributed by atoms with Crippen molar-refractivity contribution in [2.24, 2.45) is 11.7 Å². The zero-order chi connectivity index (χ0) is 9.47. The van der Waals surface area contributed by atoms with Gasteiger partial charge in [0.15, 0.2) is 0 Å². The van der Waals surface area contributed by atoms with Crippen molar-refractivity contribution in [1.29, 1.82) is 0 Å². The number of nitrogens with zero attached hydrogens (tertiary/aromatic N) is 1. The molecular formula is C8H13N3O2. The smallest absolute Gasteiger partial charge is 0.317 e. The van der Waals surface area contributed by atoms with Crippen molar-refractivity contribution in [2.45, 2.75) is 12.0 Å². The number of fused-ring (bicyclic) bond motifs is 1. The van der Waals surface area contributed by atoms with E-state index in [2.05, 4.69) is 5.32 Å². The topological polar surface area (TPSA) is 75.4 Å². The maximum Gasteiger partial charge on any atom is 0.317 e. The molecular weight excluding hydrogens is 170 g/mol. The van der Waals surface area contributed by atoms with E-state index in [1.165, 1.54) is 0 Å². The van der Waals surface area contributed by atoms with Crippen LogP contribution in [-0.4, -0.2) is 42.4 Å². The molecule has 1 saturated heterocycles. The van der Waals surface area contributed by atoms with E-state index in [9.17, 15) is 9.59 Å². The molecule has 0 bridgehead atoms. The molecule has 0 radical (unpaired) electrons. The van der Waals surface area contributed by atoms with Crippen molar-refractivity contribution in [1.82, 2.24) is 10.2 Å². The lowest BCUT2D eigenvalue weighted by Gasteiger charge is -2.18. The van der Waals surface area contributed by atoms with Crippen molar-refractivity contribution in [3.05, 3.63) is 0 Å². The first kappa shape index (κ1) is 8.50. The molecule has 0 aromatic rings. The monoisotopic (exact) mass is 183 g/mol. The summed E-state index contributed by atoms with van der Waals surface area (Å²) in [5.41, 5.74) is 5.80. The van der Waals surface area contributed by atoms with Crippen LogP contribution < -0.4 is 11.1 Å². The lowest BCUT2D eigenvalue weighted by Crippen LogP contribution is -2.43. The number of rotatable bonds is 2. The number of nitrogens with two attached hydrogens (primary N) is 1. The molecule has 2 rings (SSSR count). The quantitative estimate of drug-likeness (QED) is 0.535. The predicted molar refractivity (Wildman–Crippen MR) is 46.1 cm³/mol. The van der Waals surface area contributed by atoms with Gasteiger partial charge in [0.1, 0.15) is 6.29 Å². The van der Waals surface area contributed by atoms with E-state index < -0.39 is 0 Å². The number of aldehydes is 1. The van der Waals surface area contributed by atoms with E-state index >= 15 is 0 Å². The molecule has 1 heterocycles. The van der Waals surface area contributed by atoms with Gasteiger partial charge in [0, 0.05) is 18.6 Å². The third kappa shape index (κ3) is 1.39. The largest absolute Gasteiger partial charge is 0.331 e. The van der Waals surface area contributed by atoms with E-state index in [-0.39, 0.29) is 18.1 Å². The Kier molecular flexibility index (Phi) is 1.76. The first-order valence-electron chi connectivity index (χ1n) is 4.41. The van der Waals surface area contributed by atoms with Crippen LogP contribution in [0.25, 0.3) is 0 Å². The number of hydrogen-bond donors (Lipinski definition) is 2. The van der Waals surface area contributed by atoms with Crippen molar-refractivity contribution in [2.75, 3.05) is 19.6 Å². The maximum atomic E-state index is 11.3. The first-order chi connectivity index (χ1) is 6.15. The number of amides is 2. The van der Waals surface area contributed by atoms with Crippen molar-refractivity contribution < 1.29 is 9.59 Å². The van der Waals surface area contributed by atoms with Crippen molar-refractivity contribution >= 4 is 12.3 Å². The fourth-order valence-corrected chi connectivity index (χ4v) is 1.92. The fraction of sp³-hybridized carbons (Fsp3) is 0.750. The number of urea groups is 1. The third-order valence-corrected chi connectivity index (χ3v) is 2.83. The zero-order valence-electron chi connectivity index (χ0n) is 7.32. The molecule has 0 spiro atoms. The number of piperidine rings is 1. The Morgan fingerprint density at radius 3 is 3.08 bits per heavy atom. The molecule has 3 N–H and O–H groups in total. The minimum atomic E-state index is -0.177. The molecule has 72 valence electrons. The Morgan fingerprint density at radius 2 is 2.54 bits per heavy atom. The van der Waals surface area contributed by atoms with Crippen molar-refractivity contribution in [3.63, 3.8) is 0 Å². The SMILES string of the molecule is NC12CC1CN(C(=O)NCC=O)C2. The minimum Gasteiger partial charge on any atom is -0.331 e. The second-order valence-corrected chi connectivity index (χ2v) is 3.87. The van der Waals surface area contributed by atoms with E-state index in [1.54, 1.807) is 4.90 Å². The Labute approximate surface area is 76.3 Å². The normalized spacial score (nSPS) is 35.5. The molecule has 1 aliphatic heterocycles. The molecule has 13 heavy (non-hydrogen) atoms. The molecule has 1 aliphatic carbocycles. The van der Waals surface area contributed by atoms with Gasteiger partial charge in [-0.1, -0.05) is 0 Å². The van der Waals surface area contributed by atoms with E-state index in [1.807, 2.05) is 0 Å². The Balaban J connectivity index is 1.83. The summed E-state index contributed by atoms with van der Waals surface area (Å²) < 4.78 is 0. The summed E-state index contributed by atoms with van der Waals surface area (Å²) in [6.45, 7) is 1.45. The number of nitrogens with one attached hydrogen (secondary N) is 1. The van der Waals surface area contributed by atoms with Gasteiger partial charge in [-0.3, -0.25) is 0 Å². The summed E-state index contributed by atoms with van der Waals surface area (Å²) in [6.07, 6.45) is 1.71. The molecule has 2 amide bonds. The van der Waals surface area contributed by atoms with E-state index in [4.69, 9.17) is 5.73 Å². The van der Waals surface area contributed by atoms with Gasteiger partial charge in [-0.05, 0) is 12.3 Å². The number of carbonyl (C=O) groups excluding carboxylic acids is 2. The minimum absolute atomic E-state index is 0.0809. The summed E-state index contributed by atoms with van der Waals surface area (Å²) in [5, 5.41) is 2.50. The molecule has 0 aromatic carbocycles. The highest BCUT2D eigenvalue weighted by atomic mass is 16.2. The second kappa shape index (κ2) is 2.70. The lowest BCUT2D eigenvalue weighted by atomic mass is 10.3. The maximum absolute atomic E-state index is 11.3. The van der Waals surface area contributed by atoms with Gasteiger partial charge >= 0.3 is 6.03 Å². The van der Waals surface area contributed by atoms with Crippen molar-refractivity contribution in [3.8, 4) is 0 Å². The summed E-state index contributed by atoms with van der Waals surface area (Å²) >= 11 is 0. The van der Waals surface area contributed by atoms with Crippen LogP contribution in [0, 0.1) is 5.92 Å². The van der Waals surface area contributed by atoms with Gasteiger partial charge in [-0.15, -0.1) is 0 Å². The molecule has 5 nitrogen and oxygen atoms in total. The molecule has 2 fully saturated rings. The third-order valence-electron chi connectivity index (χ3n) is 2.83. The standard InChI is InChI=1S/C8H13N3O2/c9-8-3-6(8)4-11(5-8)7(13)10-1-2-12/h2,6H,1,3-5,9H2,(H,10,13). The van der Waals surface area contributed by atoms with E-state index in [0.29, 0.717) is 18.7 Å². The molecule has 0 aromatic heterocycles. The Morgan fingerprint density at radius 1 is 1.77 bits per heavy atom. The molecule has 2 atom stereocenters. The van der Waals surface area contributed by atoms with E-state index in [0.717, 1.165) is 13.0 Å². The fourth-order valence-electron chi connectivity index (χ4n) is 1.92. The van der Waals surface area contributed by atoms with Crippen LogP contribution in [0.3, 0.4) is 0 Å². The summed E-state index contributed by atoms with van der Waals surface area (Å²) in [7, 11) is 0. The highest BCUT2D eigenvalue weighted by molar-refractivity contribution is 5.77. The van der Waals surface area contributed by atoms with Crippen LogP contribution in [-0.2, 0) is 4.79 Å². The van der Waals surface area contributed by atoms with Crippen LogP contribution in [0.4, 0.5) is 4.79 Å². The number of hydrogen-bond acceptors (Lipinski definition) is 3. The van der Waals surface area contributed by atoms with Gasteiger partial charge in [0.2, 0.25) is 0 Å².